The van der Waals surface area contributed by atoms with E-state index in [1.54, 1.807) is 30.3 Å². The molecule has 3 rings (SSSR count). The second-order valence-electron chi connectivity index (χ2n) is 6.15. The van der Waals surface area contributed by atoms with Gasteiger partial charge in [0, 0.05) is 17.7 Å². The van der Waals surface area contributed by atoms with Gasteiger partial charge in [-0.1, -0.05) is 32.0 Å². The second kappa shape index (κ2) is 7.16. The molecule has 7 heteroatoms. The first kappa shape index (κ1) is 17.3. The number of nitrogens with zero attached hydrogens (tertiary/aromatic N) is 2. The van der Waals surface area contributed by atoms with Crippen molar-refractivity contribution in [2.45, 2.75) is 38.7 Å². The molecule has 1 amide bonds. The lowest BCUT2D eigenvalue weighted by atomic mass is 10.0. The first-order chi connectivity index (χ1) is 12.0. The fourth-order valence-corrected chi connectivity index (χ4v) is 3.00. The highest BCUT2D eigenvalue weighted by Gasteiger charge is 2.41. The number of amides is 1. The molecule has 25 heavy (non-hydrogen) atoms. The number of hydrogen-bond acceptors (Lipinski definition) is 5. The van der Waals surface area contributed by atoms with Gasteiger partial charge in [-0.15, -0.1) is 0 Å². The summed E-state index contributed by atoms with van der Waals surface area (Å²) >= 11 is 0. The van der Waals surface area contributed by atoms with Gasteiger partial charge in [0.25, 0.3) is 5.91 Å². The Labute approximate surface area is 145 Å². The Morgan fingerprint density at radius 3 is 2.64 bits per heavy atom. The third-order valence-corrected chi connectivity index (χ3v) is 4.47. The first-order valence-electron chi connectivity index (χ1n) is 8.30. The molecule has 1 saturated heterocycles. The molecule has 0 bridgehead atoms. The molecule has 0 spiro atoms. The molecule has 132 valence electrons. The average Bonchev–Trinajstić information content (AvgIpc) is 2.91. The molecule has 1 aliphatic rings. The summed E-state index contributed by atoms with van der Waals surface area (Å²) in [6.07, 6.45) is 0.694. The summed E-state index contributed by atoms with van der Waals surface area (Å²) < 4.78 is 7.13. The Kier molecular flexibility index (Phi) is 4.96. The Morgan fingerprint density at radius 2 is 2.04 bits per heavy atom. The number of nitrogens with one attached hydrogen (secondary N) is 1. The van der Waals surface area contributed by atoms with Gasteiger partial charge < -0.3 is 15.2 Å². The van der Waals surface area contributed by atoms with Crippen LogP contribution in [0.4, 0.5) is 5.82 Å². The number of aliphatic hydroxyl groups is 1. The third kappa shape index (κ3) is 3.47. The second-order valence-corrected chi connectivity index (χ2v) is 6.15. The van der Waals surface area contributed by atoms with Crippen LogP contribution in [0.15, 0.2) is 47.4 Å². The van der Waals surface area contributed by atoms with Crippen molar-refractivity contribution in [1.82, 2.24) is 9.55 Å². The molecule has 2 aromatic rings. The number of ether oxygens (including phenoxy) is 1. The van der Waals surface area contributed by atoms with Gasteiger partial charge in [-0.25, -0.2) is 4.79 Å². The highest BCUT2D eigenvalue weighted by atomic mass is 16.5. The maximum absolute atomic E-state index is 12.3. The topological polar surface area (TPSA) is 93.5 Å². The van der Waals surface area contributed by atoms with Crippen LogP contribution in [0.3, 0.4) is 0 Å². The minimum Gasteiger partial charge on any atom is -0.390 e. The number of carbonyl (C=O) groups is 1. The van der Waals surface area contributed by atoms with E-state index < -0.39 is 18.0 Å². The molecule has 1 aliphatic heterocycles. The molecule has 4 atom stereocenters. The molecule has 2 heterocycles. The molecule has 0 saturated carbocycles. The van der Waals surface area contributed by atoms with Crippen molar-refractivity contribution in [3.63, 3.8) is 0 Å². The summed E-state index contributed by atoms with van der Waals surface area (Å²) in [4.78, 5) is 28.4. The highest BCUT2D eigenvalue weighted by Crippen LogP contribution is 2.34. The summed E-state index contributed by atoms with van der Waals surface area (Å²) in [6, 6.07) is 10.2. The quantitative estimate of drug-likeness (QED) is 0.883. The molecular weight excluding hydrogens is 322 g/mol. The zero-order chi connectivity index (χ0) is 18.0. The van der Waals surface area contributed by atoms with E-state index in [0.29, 0.717) is 12.0 Å². The standard InChI is InChI=1S/C18H21N3O4/c1-3-13-15(22)11(2)17(25-13)21-10-9-14(20-18(21)24)19-16(23)12-7-5-4-6-8-12/h4-11,13,15,17,22H,3H2,1-2H3,(H,19,20,23,24)/t11-,13+,15?,17+/m0/s1. The number of benzene rings is 1. The maximum Gasteiger partial charge on any atom is 0.351 e. The van der Waals surface area contributed by atoms with Crippen molar-refractivity contribution in [1.29, 1.82) is 0 Å². The number of carbonyl (C=O) groups excluding carboxylic acids is 1. The van der Waals surface area contributed by atoms with Gasteiger partial charge in [-0.3, -0.25) is 9.36 Å². The fraction of sp³-hybridized carbons (Fsp3) is 0.389. The molecule has 1 fully saturated rings. The van der Waals surface area contributed by atoms with E-state index in [0.717, 1.165) is 0 Å². The summed E-state index contributed by atoms with van der Waals surface area (Å²) in [5, 5.41) is 12.8. The van der Waals surface area contributed by atoms with E-state index in [2.05, 4.69) is 10.3 Å². The minimum absolute atomic E-state index is 0.174. The number of hydrogen-bond donors (Lipinski definition) is 2. The molecule has 0 radical (unpaired) electrons. The molecule has 1 aromatic heterocycles. The zero-order valence-corrected chi connectivity index (χ0v) is 14.1. The van der Waals surface area contributed by atoms with Crippen LogP contribution >= 0.6 is 0 Å². The average molecular weight is 343 g/mol. The SMILES string of the molecule is CC[C@H]1O[C@@H](n2ccc(NC(=O)c3ccccc3)nc2=O)[C@@H](C)C1O. The van der Waals surface area contributed by atoms with E-state index >= 15 is 0 Å². The molecular formula is C18H21N3O4. The summed E-state index contributed by atoms with van der Waals surface area (Å²) in [5.41, 5.74) is -0.0539. The van der Waals surface area contributed by atoms with Crippen LogP contribution < -0.4 is 11.0 Å². The molecule has 0 aliphatic carbocycles. The van der Waals surface area contributed by atoms with Gasteiger partial charge >= 0.3 is 5.69 Å². The van der Waals surface area contributed by atoms with Crippen molar-refractivity contribution < 1.29 is 14.6 Å². The monoisotopic (exact) mass is 343 g/mol. The van der Waals surface area contributed by atoms with Crippen LogP contribution in [0.5, 0.6) is 0 Å². The Balaban J connectivity index is 1.78. The van der Waals surface area contributed by atoms with Crippen molar-refractivity contribution in [2.75, 3.05) is 5.32 Å². The Bertz CT molecular complexity index is 805. The van der Waals surface area contributed by atoms with Gasteiger partial charge in [0.1, 0.15) is 12.0 Å². The number of aliphatic hydroxyl groups excluding tert-OH is 1. The van der Waals surface area contributed by atoms with Gasteiger partial charge in [0.05, 0.1) is 12.2 Å². The Morgan fingerprint density at radius 1 is 1.32 bits per heavy atom. The lowest BCUT2D eigenvalue weighted by Crippen LogP contribution is -2.31. The third-order valence-electron chi connectivity index (χ3n) is 4.47. The maximum atomic E-state index is 12.3. The van der Waals surface area contributed by atoms with E-state index in [9.17, 15) is 14.7 Å². The van der Waals surface area contributed by atoms with Gasteiger partial charge in [0.15, 0.2) is 0 Å². The molecule has 1 unspecified atom stereocenters. The van der Waals surface area contributed by atoms with E-state index in [1.807, 2.05) is 19.9 Å². The van der Waals surface area contributed by atoms with E-state index in [-0.39, 0.29) is 23.7 Å². The van der Waals surface area contributed by atoms with Crippen molar-refractivity contribution in [3.05, 3.63) is 58.6 Å². The molecule has 7 nitrogen and oxygen atoms in total. The number of aromatic nitrogens is 2. The largest absolute Gasteiger partial charge is 0.390 e. The summed E-state index contributed by atoms with van der Waals surface area (Å²) in [5.74, 6) is -0.389. The predicted octanol–water partition coefficient (Wildman–Crippen LogP) is 1.80. The van der Waals surface area contributed by atoms with Crippen LogP contribution in [0.2, 0.25) is 0 Å². The molecule has 1 aromatic carbocycles. The summed E-state index contributed by atoms with van der Waals surface area (Å²) in [6.45, 7) is 3.76. The van der Waals surface area contributed by atoms with E-state index in [1.165, 1.54) is 10.8 Å². The first-order valence-corrected chi connectivity index (χ1v) is 8.30. The minimum atomic E-state index is -0.626. The van der Waals surface area contributed by atoms with Crippen LogP contribution in [-0.4, -0.2) is 32.8 Å². The van der Waals surface area contributed by atoms with Crippen LogP contribution in [0.25, 0.3) is 0 Å². The highest BCUT2D eigenvalue weighted by molar-refractivity contribution is 6.03. The normalized spacial score (nSPS) is 25.7. The van der Waals surface area contributed by atoms with Crippen molar-refractivity contribution in [2.24, 2.45) is 5.92 Å². The summed E-state index contributed by atoms with van der Waals surface area (Å²) in [7, 11) is 0. The van der Waals surface area contributed by atoms with Crippen LogP contribution in [-0.2, 0) is 4.74 Å². The van der Waals surface area contributed by atoms with Crippen molar-refractivity contribution in [3.8, 4) is 0 Å². The number of anilines is 1. The zero-order valence-electron chi connectivity index (χ0n) is 14.1. The lowest BCUT2D eigenvalue weighted by Gasteiger charge is -2.18. The van der Waals surface area contributed by atoms with Gasteiger partial charge in [0.2, 0.25) is 0 Å². The fourth-order valence-electron chi connectivity index (χ4n) is 3.00. The Hall–Kier alpha value is -2.51. The molecule has 2 N–H and O–H groups in total. The predicted molar refractivity (Wildman–Crippen MR) is 92.3 cm³/mol. The number of rotatable bonds is 4. The van der Waals surface area contributed by atoms with Crippen molar-refractivity contribution >= 4 is 11.7 Å². The van der Waals surface area contributed by atoms with E-state index in [4.69, 9.17) is 4.74 Å². The van der Waals surface area contributed by atoms with Gasteiger partial charge in [-0.05, 0) is 24.6 Å². The van der Waals surface area contributed by atoms with Gasteiger partial charge in [-0.2, -0.15) is 4.98 Å². The van der Waals surface area contributed by atoms with Crippen LogP contribution in [0.1, 0.15) is 36.9 Å². The lowest BCUT2D eigenvalue weighted by molar-refractivity contribution is -0.0249. The van der Waals surface area contributed by atoms with Crippen LogP contribution in [0, 0.1) is 5.92 Å². The smallest absolute Gasteiger partial charge is 0.351 e.